The van der Waals surface area contributed by atoms with Crippen LogP contribution in [-0.2, 0) is 9.53 Å². The van der Waals surface area contributed by atoms with Crippen molar-refractivity contribution >= 4 is 28.5 Å². The zero-order chi connectivity index (χ0) is 20.3. The average Bonchev–Trinajstić information content (AvgIpc) is 2.68. The monoisotopic (exact) mass is 381 g/mol. The van der Waals surface area contributed by atoms with E-state index in [2.05, 4.69) is 10.3 Å². The van der Waals surface area contributed by atoms with E-state index in [4.69, 9.17) is 4.74 Å². The molecule has 2 N–H and O–H groups in total. The molecule has 0 radical (unpaired) electrons. The van der Waals surface area contributed by atoms with E-state index < -0.39 is 29.2 Å². The van der Waals surface area contributed by atoms with Gasteiger partial charge in [0, 0.05) is 5.69 Å². The molecule has 0 aliphatic carbocycles. The Balaban J connectivity index is 1.89. The first-order chi connectivity index (χ1) is 13.4. The van der Waals surface area contributed by atoms with Crippen LogP contribution in [-0.4, -0.2) is 28.0 Å². The van der Waals surface area contributed by atoms with Crippen LogP contribution in [0.1, 0.15) is 30.2 Å². The fraction of sp³-hybridized carbons (Fsp3) is 0.200. The number of carbonyl (C=O) groups excluding carboxylic acids is 2. The van der Waals surface area contributed by atoms with Crippen LogP contribution in [0.25, 0.3) is 10.9 Å². The molecule has 1 atom stereocenters. The molecule has 1 aromatic heterocycles. The lowest BCUT2D eigenvalue weighted by Crippen LogP contribution is -2.41. The molecule has 3 rings (SSSR count). The summed E-state index contributed by atoms with van der Waals surface area (Å²) in [5.41, 5.74) is -0.182. The number of aromatic amines is 1. The molecule has 1 unspecified atom stereocenters. The molecule has 8 heteroatoms. The van der Waals surface area contributed by atoms with Crippen molar-refractivity contribution in [2.75, 3.05) is 11.9 Å². The lowest BCUT2D eigenvalue weighted by molar-refractivity contribution is -0.119. The summed E-state index contributed by atoms with van der Waals surface area (Å²) in [7, 11) is 0. The van der Waals surface area contributed by atoms with Gasteiger partial charge in [-0.3, -0.25) is 9.59 Å². The van der Waals surface area contributed by atoms with Crippen molar-refractivity contribution in [1.82, 2.24) is 9.55 Å². The number of anilines is 1. The maximum Gasteiger partial charge on any atom is 0.338 e. The summed E-state index contributed by atoms with van der Waals surface area (Å²) in [6.07, 6.45) is 0. The molecule has 1 amide bonds. The Bertz CT molecular complexity index is 1160. The van der Waals surface area contributed by atoms with Gasteiger partial charge < -0.3 is 15.0 Å². The van der Waals surface area contributed by atoms with Gasteiger partial charge in [-0.1, -0.05) is 18.2 Å². The van der Waals surface area contributed by atoms with Crippen LogP contribution in [0.4, 0.5) is 5.69 Å². The third-order valence-corrected chi connectivity index (χ3v) is 4.24. The summed E-state index contributed by atoms with van der Waals surface area (Å²) in [5.74, 6) is -1.07. The van der Waals surface area contributed by atoms with E-state index in [9.17, 15) is 19.2 Å². The zero-order valence-electron chi connectivity index (χ0n) is 15.4. The summed E-state index contributed by atoms with van der Waals surface area (Å²) >= 11 is 0. The Labute approximate surface area is 159 Å². The Morgan fingerprint density at radius 2 is 1.89 bits per heavy atom. The first kappa shape index (κ1) is 19.1. The van der Waals surface area contributed by atoms with Gasteiger partial charge in [0.05, 0.1) is 23.1 Å². The molecule has 0 spiro atoms. The van der Waals surface area contributed by atoms with Gasteiger partial charge in [0.15, 0.2) is 0 Å². The van der Waals surface area contributed by atoms with E-state index >= 15 is 0 Å². The standard InChI is InChI=1S/C20H19N3O5/c1-3-28-19(26)13-7-6-8-14(11-13)21-17(24)12(2)23-18(25)15-9-4-5-10-16(15)22-20(23)27/h4-12H,3H2,1-2H3,(H,21,24)(H,22,27). The van der Waals surface area contributed by atoms with Crippen LogP contribution in [0.15, 0.2) is 58.1 Å². The Morgan fingerprint density at radius 3 is 2.64 bits per heavy atom. The van der Waals surface area contributed by atoms with Gasteiger partial charge in [0.2, 0.25) is 5.91 Å². The number of nitrogens with zero attached hydrogens (tertiary/aromatic N) is 1. The van der Waals surface area contributed by atoms with Crippen LogP contribution in [0, 0.1) is 0 Å². The largest absolute Gasteiger partial charge is 0.462 e. The smallest absolute Gasteiger partial charge is 0.338 e. The van der Waals surface area contributed by atoms with Gasteiger partial charge in [-0.2, -0.15) is 0 Å². The molecule has 2 aromatic carbocycles. The quantitative estimate of drug-likeness (QED) is 0.658. The average molecular weight is 381 g/mol. The number of fused-ring (bicyclic) bond motifs is 1. The first-order valence-corrected chi connectivity index (χ1v) is 8.74. The van der Waals surface area contributed by atoms with Crippen LogP contribution < -0.4 is 16.6 Å². The second-order valence-electron chi connectivity index (χ2n) is 6.12. The number of hydrogen-bond acceptors (Lipinski definition) is 5. The second-order valence-corrected chi connectivity index (χ2v) is 6.12. The minimum atomic E-state index is -1.06. The molecule has 0 saturated heterocycles. The number of aromatic nitrogens is 2. The number of nitrogens with one attached hydrogen (secondary N) is 2. The first-order valence-electron chi connectivity index (χ1n) is 8.74. The molecule has 8 nitrogen and oxygen atoms in total. The summed E-state index contributed by atoms with van der Waals surface area (Å²) in [4.78, 5) is 52.0. The lowest BCUT2D eigenvalue weighted by atomic mass is 10.2. The number of H-pyrrole nitrogens is 1. The molecule has 3 aromatic rings. The maximum atomic E-state index is 12.7. The van der Waals surface area contributed by atoms with E-state index in [1.54, 1.807) is 49.4 Å². The molecular weight excluding hydrogens is 362 g/mol. The van der Waals surface area contributed by atoms with Crippen LogP contribution in [0.2, 0.25) is 0 Å². The Kier molecular flexibility index (Phi) is 5.39. The minimum Gasteiger partial charge on any atom is -0.462 e. The Morgan fingerprint density at radius 1 is 1.14 bits per heavy atom. The third kappa shape index (κ3) is 3.71. The van der Waals surface area contributed by atoms with Crippen LogP contribution in [0.3, 0.4) is 0 Å². The summed E-state index contributed by atoms with van der Waals surface area (Å²) in [5, 5.41) is 2.93. The molecule has 0 aliphatic rings. The molecule has 144 valence electrons. The van der Waals surface area contributed by atoms with Crippen molar-refractivity contribution < 1.29 is 14.3 Å². The Hall–Kier alpha value is -3.68. The number of para-hydroxylation sites is 1. The van der Waals surface area contributed by atoms with Crippen molar-refractivity contribution in [3.63, 3.8) is 0 Å². The molecule has 28 heavy (non-hydrogen) atoms. The number of esters is 1. The van der Waals surface area contributed by atoms with E-state index in [0.717, 1.165) is 4.57 Å². The van der Waals surface area contributed by atoms with Gasteiger partial charge in [-0.05, 0) is 44.2 Å². The van der Waals surface area contributed by atoms with Crippen LogP contribution in [0.5, 0.6) is 0 Å². The molecule has 0 fully saturated rings. The fourth-order valence-corrected chi connectivity index (χ4v) is 2.83. The van der Waals surface area contributed by atoms with Crippen molar-refractivity contribution in [3.8, 4) is 0 Å². The normalized spacial score (nSPS) is 11.8. The number of ether oxygens (including phenoxy) is 1. The van der Waals surface area contributed by atoms with E-state index in [0.29, 0.717) is 16.6 Å². The highest BCUT2D eigenvalue weighted by molar-refractivity contribution is 5.96. The second kappa shape index (κ2) is 7.91. The van der Waals surface area contributed by atoms with Crippen molar-refractivity contribution in [1.29, 1.82) is 0 Å². The molecular formula is C20H19N3O5. The topological polar surface area (TPSA) is 110 Å². The molecule has 0 bridgehead atoms. The van der Waals surface area contributed by atoms with E-state index in [1.807, 2.05) is 0 Å². The van der Waals surface area contributed by atoms with Gasteiger partial charge in [0.25, 0.3) is 5.56 Å². The van der Waals surface area contributed by atoms with Gasteiger partial charge >= 0.3 is 11.7 Å². The summed E-state index contributed by atoms with van der Waals surface area (Å²) in [6.45, 7) is 3.39. The summed E-state index contributed by atoms with van der Waals surface area (Å²) < 4.78 is 5.80. The maximum absolute atomic E-state index is 12.7. The number of rotatable bonds is 5. The number of hydrogen-bond donors (Lipinski definition) is 2. The predicted molar refractivity (Wildman–Crippen MR) is 105 cm³/mol. The SMILES string of the molecule is CCOC(=O)c1cccc(NC(=O)C(C)n2c(=O)[nH]c3ccccc3c2=O)c1. The molecule has 1 heterocycles. The number of amides is 1. The highest BCUT2D eigenvalue weighted by atomic mass is 16.5. The lowest BCUT2D eigenvalue weighted by Gasteiger charge is -2.15. The predicted octanol–water partition coefficient (Wildman–Crippen LogP) is 2.07. The van der Waals surface area contributed by atoms with E-state index in [-0.39, 0.29) is 12.2 Å². The van der Waals surface area contributed by atoms with Crippen molar-refractivity contribution in [3.05, 3.63) is 74.9 Å². The highest BCUT2D eigenvalue weighted by Crippen LogP contribution is 2.14. The van der Waals surface area contributed by atoms with Gasteiger partial charge in [0.1, 0.15) is 6.04 Å². The molecule has 0 saturated carbocycles. The van der Waals surface area contributed by atoms with Crippen LogP contribution >= 0.6 is 0 Å². The number of carbonyl (C=O) groups is 2. The van der Waals surface area contributed by atoms with Crippen molar-refractivity contribution in [2.24, 2.45) is 0 Å². The minimum absolute atomic E-state index is 0.236. The third-order valence-electron chi connectivity index (χ3n) is 4.24. The fourth-order valence-electron chi connectivity index (χ4n) is 2.83. The van der Waals surface area contributed by atoms with Gasteiger partial charge in [-0.15, -0.1) is 0 Å². The summed E-state index contributed by atoms with van der Waals surface area (Å²) in [6, 6.07) is 11.7. The van der Waals surface area contributed by atoms with E-state index in [1.165, 1.54) is 13.0 Å². The zero-order valence-corrected chi connectivity index (χ0v) is 15.4. The van der Waals surface area contributed by atoms with Crippen molar-refractivity contribution in [2.45, 2.75) is 19.9 Å². The van der Waals surface area contributed by atoms with Gasteiger partial charge in [-0.25, -0.2) is 14.2 Å². The molecule has 0 aliphatic heterocycles. The number of benzene rings is 2. The highest BCUT2D eigenvalue weighted by Gasteiger charge is 2.20.